The molecule has 0 saturated carbocycles. The predicted octanol–water partition coefficient (Wildman–Crippen LogP) is 1.13. The van der Waals surface area contributed by atoms with Crippen LogP contribution in [0.1, 0.15) is 41.0 Å². The summed E-state index contributed by atoms with van der Waals surface area (Å²) in [5.41, 5.74) is -1.06. The SMILES string of the molecule is CC1(O)CCN(S(=O)(=O)c2ccc(B3OC(C)(C)C(C)(C)O3)cc2)C1. The van der Waals surface area contributed by atoms with E-state index in [0.29, 0.717) is 13.0 Å². The number of hydrogen-bond acceptors (Lipinski definition) is 5. The molecule has 1 aromatic carbocycles. The van der Waals surface area contributed by atoms with E-state index >= 15 is 0 Å². The number of benzene rings is 1. The van der Waals surface area contributed by atoms with Crippen LogP contribution in [-0.4, -0.2) is 54.8 Å². The smallest absolute Gasteiger partial charge is 0.399 e. The van der Waals surface area contributed by atoms with E-state index in [4.69, 9.17) is 9.31 Å². The lowest BCUT2D eigenvalue weighted by molar-refractivity contribution is 0.00578. The quantitative estimate of drug-likeness (QED) is 0.811. The average Bonchev–Trinajstić information content (AvgIpc) is 2.96. The summed E-state index contributed by atoms with van der Waals surface area (Å²) >= 11 is 0. The molecule has 0 spiro atoms. The maximum atomic E-state index is 12.7. The molecule has 2 saturated heterocycles. The molecule has 8 heteroatoms. The van der Waals surface area contributed by atoms with Crippen LogP contribution in [0.2, 0.25) is 0 Å². The van der Waals surface area contributed by atoms with Crippen molar-refractivity contribution in [1.82, 2.24) is 4.31 Å². The van der Waals surface area contributed by atoms with E-state index in [1.165, 1.54) is 4.31 Å². The lowest BCUT2D eigenvalue weighted by Crippen LogP contribution is -2.41. The summed E-state index contributed by atoms with van der Waals surface area (Å²) in [7, 11) is -4.12. The Labute approximate surface area is 150 Å². The first-order valence-corrected chi connectivity index (χ1v) is 9.96. The zero-order valence-corrected chi connectivity index (χ0v) is 16.3. The molecular weight excluding hydrogens is 341 g/mol. The maximum absolute atomic E-state index is 12.7. The Kier molecular flexibility index (Phi) is 4.37. The summed E-state index contributed by atoms with van der Waals surface area (Å²) in [5, 5.41) is 10.0. The van der Waals surface area contributed by atoms with Crippen LogP contribution in [0, 0.1) is 0 Å². The van der Waals surface area contributed by atoms with Crippen molar-refractivity contribution in [3.8, 4) is 0 Å². The molecule has 2 aliphatic rings. The Morgan fingerprint density at radius 2 is 1.56 bits per heavy atom. The van der Waals surface area contributed by atoms with Gasteiger partial charge in [0.2, 0.25) is 10.0 Å². The highest BCUT2D eigenvalue weighted by Crippen LogP contribution is 2.36. The number of β-amino-alcohol motifs (C(OH)–C–C–N with tert-alkyl or cyclic N) is 1. The third kappa shape index (κ3) is 3.38. The number of hydrogen-bond donors (Lipinski definition) is 1. The molecule has 1 N–H and O–H groups in total. The number of sulfonamides is 1. The van der Waals surface area contributed by atoms with Crippen molar-refractivity contribution in [2.75, 3.05) is 13.1 Å². The monoisotopic (exact) mass is 367 g/mol. The van der Waals surface area contributed by atoms with E-state index in [9.17, 15) is 13.5 Å². The molecule has 6 nitrogen and oxygen atoms in total. The van der Waals surface area contributed by atoms with Crippen molar-refractivity contribution < 1.29 is 22.8 Å². The standard InChI is InChI=1S/C17H26BNO5S/c1-15(2)16(3,4)24-18(23-15)13-6-8-14(9-7-13)25(21,22)19-11-10-17(5,20)12-19/h6-9,20H,10-12H2,1-5H3. The van der Waals surface area contributed by atoms with Crippen LogP contribution >= 0.6 is 0 Å². The summed E-state index contributed by atoms with van der Waals surface area (Å²) in [6.07, 6.45) is 0.443. The van der Waals surface area contributed by atoms with E-state index < -0.39 is 33.9 Å². The van der Waals surface area contributed by atoms with E-state index in [2.05, 4.69) is 0 Å². The van der Waals surface area contributed by atoms with Crippen LogP contribution in [0.25, 0.3) is 0 Å². The van der Waals surface area contributed by atoms with Gasteiger partial charge in [0.25, 0.3) is 0 Å². The van der Waals surface area contributed by atoms with Crippen molar-refractivity contribution in [1.29, 1.82) is 0 Å². The van der Waals surface area contributed by atoms with Crippen LogP contribution in [0.4, 0.5) is 0 Å². The molecule has 3 rings (SSSR count). The topological polar surface area (TPSA) is 76.1 Å². The molecule has 2 aliphatic heterocycles. The van der Waals surface area contributed by atoms with Gasteiger partial charge in [-0.2, -0.15) is 4.31 Å². The predicted molar refractivity (Wildman–Crippen MR) is 96.2 cm³/mol. The lowest BCUT2D eigenvalue weighted by Gasteiger charge is -2.32. The van der Waals surface area contributed by atoms with Crippen molar-refractivity contribution in [2.24, 2.45) is 0 Å². The van der Waals surface area contributed by atoms with Crippen LogP contribution in [0.3, 0.4) is 0 Å². The molecule has 2 fully saturated rings. The first kappa shape index (κ1) is 18.9. The molecule has 0 amide bonds. The Bertz CT molecular complexity index is 742. The van der Waals surface area contributed by atoms with Crippen molar-refractivity contribution in [3.63, 3.8) is 0 Å². The Hall–Kier alpha value is -0.925. The summed E-state index contributed by atoms with van der Waals surface area (Å²) < 4.78 is 38.7. The van der Waals surface area contributed by atoms with E-state index in [1.807, 2.05) is 27.7 Å². The second-order valence-corrected chi connectivity index (χ2v) is 10.2. The number of aliphatic hydroxyl groups is 1. The van der Waals surface area contributed by atoms with Crippen molar-refractivity contribution in [2.45, 2.75) is 62.7 Å². The van der Waals surface area contributed by atoms with Gasteiger partial charge >= 0.3 is 7.12 Å². The summed E-state index contributed by atoms with van der Waals surface area (Å²) in [6.45, 7) is 10.0. The molecule has 0 radical (unpaired) electrons. The van der Waals surface area contributed by atoms with Gasteiger partial charge in [0.15, 0.2) is 0 Å². The molecule has 0 aromatic heterocycles. The fraction of sp³-hybridized carbons (Fsp3) is 0.647. The molecule has 25 heavy (non-hydrogen) atoms. The van der Waals surface area contributed by atoms with Crippen LogP contribution in [-0.2, 0) is 19.3 Å². The Morgan fingerprint density at radius 1 is 1.04 bits per heavy atom. The van der Waals surface area contributed by atoms with Crippen LogP contribution in [0.15, 0.2) is 29.2 Å². The van der Waals surface area contributed by atoms with Gasteiger partial charge in [-0.25, -0.2) is 8.42 Å². The van der Waals surface area contributed by atoms with Gasteiger partial charge < -0.3 is 14.4 Å². The van der Waals surface area contributed by atoms with Crippen LogP contribution < -0.4 is 5.46 Å². The van der Waals surface area contributed by atoms with Crippen LogP contribution in [0.5, 0.6) is 0 Å². The third-order valence-corrected chi connectivity index (χ3v) is 7.32. The van der Waals surface area contributed by atoms with Crippen molar-refractivity contribution >= 4 is 22.6 Å². The summed E-state index contributed by atoms with van der Waals surface area (Å²) in [5.74, 6) is 0. The molecule has 0 bridgehead atoms. The van der Waals surface area contributed by atoms with Gasteiger partial charge in [-0.3, -0.25) is 0 Å². The molecule has 2 heterocycles. The van der Waals surface area contributed by atoms with Gasteiger partial charge in [0.05, 0.1) is 21.7 Å². The highest BCUT2D eigenvalue weighted by molar-refractivity contribution is 7.89. The van der Waals surface area contributed by atoms with Crippen molar-refractivity contribution in [3.05, 3.63) is 24.3 Å². The second-order valence-electron chi connectivity index (χ2n) is 8.24. The third-order valence-electron chi connectivity index (χ3n) is 5.46. The Morgan fingerprint density at radius 3 is 2.00 bits per heavy atom. The van der Waals surface area contributed by atoms with Gasteiger partial charge in [0.1, 0.15) is 0 Å². The minimum atomic E-state index is -3.60. The highest BCUT2D eigenvalue weighted by atomic mass is 32.2. The molecular formula is C17H26BNO5S. The van der Waals surface area contributed by atoms with Gasteiger partial charge in [-0.1, -0.05) is 12.1 Å². The first-order valence-electron chi connectivity index (χ1n) is 8.52. The molecule has 138 valence electrons. The summed E-state index contributed by atoms with van der Waals surface area (Å²) in [6, 6.07) is 6.60. The zero-order valence-electron chi connectivity index (χ0n) is 15.4. The second kappa shape index (κ2) is 5.79. The largest absolute Gasteiger partial charge is 0.494 e. The Balaban J connectivity index is 1.80. The summed E-state index contributed by atoms with van der Waals surface area (Å²) in [4.78, 5) is 0.213. The first-order chi connectivity index (χ1) is 11.3. The molecule has 1 aromatic rings. The van der Waals surface area contributed by atoms with Gasteiger partial charge in [-0.05, 0) is 58.6 Å². The van der Waals surface area contributed by atoms with Gasteiger partial charge in [-0.15, -0.1) is 0 Å². The highest BCUT2D eigenvalue weighted by Gasteiger charge is 2.51. The fourth-order valence-electron chi connectivity index (χ4n) is 3.03. The molecule has 0 aliphatic carbocycles. The fourth-order valence-corrected chi connectivity index (χ4v) is 4.59. The minimum absolute atomic E-state index is 0.119. The normalized spacial score (nSPS) is 29.3. The lowest BCUT2D eigenvalue weighted by atomic mass is 9.79. The number of nitrogens with zero attached hydrogens (tertiary/aromatic N) is 1. The minimum Gasteiger partial charge on any atom is -0.399 e. The van der Waals surface area contributed by atoms with E-state index in [-0.39, 0.29) is 11.4 Å². The molecule has 1 unspecified atom stereocenters. The molecule has 1 atom stereocenters. The zero-order chi connectivity index (χ0) is 18.7. The average molecular weight is 367 g/mol. The van der Waals surface area contributed by atoms with E-state index in [0.717, 1.165) is 5.46 Å². The van der Waals surface area contributed by atoms with E-state index in [1.54, 1.807) is 31.2 Å². The number of rotatable bonds is 3. The maximum Gasteiger partial charge on any atom is 0.494 e. The van der Waals surface area contributed by atoms with Gasteiger partial charge in [0, 0.05) is 13.1 Å².